The van der Waals surface area contributed by atoms with Gasteiger partial charge in [-0.05, 0) is 54.7 Å². The number of benzene rings is 2. The first kappa shape index (κ1) is 19.0. The Morgan fingerprint density at radius 3 is 2.72 bits per heavy atom. The number of aryl methyl sites for hydroxylation is 1. The number of nitrogen functional groups attached to an aromatic ring is 1. The first-order valence-corrected chi connectivity index (χ1v) is 7.77. The van der Waals surface area contributed by atoms with Crippen molar-refractivity contribution in [1.82, 2.24) is 5.32 Å². The number of amides is 1. The minimum absolute atomic E-state index is 0. The number of para-hydroxylation sites is 1. The highest BCUT2D eigenvalue weighted by Gasteiger charge is 2.23. The monoisotopic (exact) mass is 368 g/mol. The van der Waals surface area contributed by atoms with Crippen molar-refractivity contribution in [3.05, 3.63) is 59.2 Å². The highest BCUT2D eigenvalue weighted by molar-refractivity contribution is 5.99. The molecule has 0 radical (unpaired) electrons. The lowest BCUT2D eigenvalue weighted by atomic mass is 9.87. The Bertz CT molecular complexity index is 756. The molecule has 1 unspecified atom stereocenters. The number of halogens is 3. The lowest BCUT2D eigenvalue weighted by molar-refractivity contribution is -0.0499. The number of carbonyl (C=O) groups excluding carboxylic acids is 1. The smallest absolute Gasteiger partial charge is 0.387 e. The minimum Gasteiger partial charge on any atom is -0.435 e. The SMILES string of the molecule is Cl.Nc1ccccc1C(=O)NC1CCCc2cc(OC(F)F)ccc21. The highest BCUT2D eigenvalue weighted by Crippen LogP contribution is 2.33. The molecule has 3 rings (SSSR count). The maximum atomic E-state index is 12.4. The molecule has 7 heteroatoms. The summed E-state index contributed by atoms with van der Waals surface area (Å²) in [5.74, 6) is -0.0955. The topological polar surface area (TPSA) is 64.4 Å². The molecule has 1 atom stereocenters. The van der Waals surface area contributed by atoms with Crippen molar-refractivity contribution < 1.29 is 18.3 Å². The Hall–Kier alpha value is -2.34. The van der Waals surface area contributed by atoms with Crippen molar-refractivity contribution in [3.63, 3.8) is 0 Å². The second kappa shape index (κ2) is 8.16. The van der Waals surface area contributed by atoms with Gasteiger partial charge in [0.25, 0.3) is 5.91 Å². The summed E-state index contributed by atoms with van der Waals surface area (Å²) in [5, 5.41) is 2.98. The number of fused-ring (bicyclic) bond motifs is 1. The predicted octanol–water partition coefficient (Wildman–Crippen LogP) is 4.10. The van der Waals surface area contributed by atoms with Crippen LogP contribution in [0.5, 0.6) is 5.75 Å². The molecule has 0 bridgehead atoms. The van der Waals surface area contributed by atoms with E-state index in [1.54, 1.807) is 36.4 Å². The molecule has 0 aliphatic heterocycles. The van der Waals surface area contributed by atoms with E-state index >= 15 is 0 Å². The van der Waals surface area contributed by atoms with Crippen LogP contribution in [-0.2, 0) is 6.42 Å². The van der Waals surface area contributed by atoms with Gasteiger partial charge in [-0.3, -0.25) is 4.79 Å². The largest absolute Gasteiger partial charge is 0.435 e. The summed E-state index contributed by atoms with van der Waals surface area (Å²) < 4.78 is 29.1. The van der Waals surface area contributed by atoms with E-state index in [9.17, 15) is 13.6 Å². The summed E-state index contributed by atoms with van der Waals surface area (Å²) in [7, 11) is 0. The van der Waals surface area contributed by atoms with Crippen molar-refractivity contribution in [2.45, 2.75) is 31.9 Å². The zero-order valence-electron chi connectivity index (χ0n) is 13.4. The fraction of sp³-hybridized carbons (Fsp3) is 0.278. The fourth-order valence-electron chi connectivity index (χ4n) is 3.06. The number of nitrogens with one attached hydrogen (secondary N) is 1. The standard InChI is InChI=1S/C18H18F2N2O2.ClH/c19-18(20)24-12-8-9-13-11(10-12)4-3-7-16(13)22-17(23)14-5-1-2-6-15(14)21;/h1-2,5-6,8-10,16,18H,3-4,7,21H2,(H,22,23);1H. The summed E-state index contributed by atoms with van der Waals surface area (Å²) in [6.45, 7) is -2.84. The Morgan fingerprint density at radius 2 is 2.00 bits per heavy atom. The lowest BCUT2D eigenvalue weighted by Gasteiger charge is -2.27. The zero-order chi connectivity index (χ0) is 17.1. The molecule has 2 aromatic carbocycles. The molecule has 0 saturated carbocycles. The molecule has 3 N–H and O–H groups in total. The second-order valence-electron chi connectivity index (χ2n) is 5.74. The average molecular weight is 369 g/mol. The van der Waals surface area contributed by atoms with Gasteiger partial charge in [0.1, 0.15) is 5.75 Å². The third-order valence-corrected chi connectivity index (χ3v) is 4.16. The van der Waals surface area contributed by atoms with Crippen LogP contribution in [-0.4, -0.2) is 12.5 Å². The van der Waals surface area contributed by atoms with E-state index in [0.29, 0.717) is 11.3 Å². The van der Waals surface area contributed by atoms with Crippen molar-refractivity contribution in [2.75, 3.05) is 5.73 Å². The van der Waals surface area contributed by atoms with Crippen LogP contribution >= 0.6 is 12.4 Å². The van der Waals surface area contributed by atoms with Crippen LogP contribution in [0.1, 0.15) is 40.4 Å². The number of alkyl halides is 2. The Kier molecular flexibility index (Phi) is 6.20. The van der Waals surface area contributed by atoms with Gasteiger partial charge in [0, 0.05) is 5.69 Å². The van der Waals surface area contributed by atoms with E-state index in [2.05, 4.69) is 10.1 Å². The minimum atomic E-state index is -2.84. The molecule has 0 spiro atoms. The normalized spacial score (nSPS) is 15.9. The Balaban J connectivity index is 0.00000225. The third kappa shape index (κ3) is 4.39. The molecule has 0 saturated heterocycles. The third-order valence-electron chi connectivity index (χ3n) is 4.16. The van der Waals surface area contributed by atoms with E-state index in [4.69, 9.17) is 5.73 Å². The molecule has 0 aromatic heterocycles. The van der Waals surface area contributed by atoms with Crippen molar-refractivity contribution in [3.8, 4) is 5.75 Å². The van der Waals surface area contributed by atoms with Crippen LogP contribution in [0.15, 0.2) is 42.5 Å². The van der Waals surface area contributed by atoms with Crippen LogP contribution < -0.4 is 15.8 Å². The molecule has 25 heavy (non-hydrogen) atoms. The van der Waals surface area contributed by atoms with Crippen LogP contribution in [0.25, 0.3) is 0 Å². The summed E-state index contributed by atoms with van der Waals surface area (Å²) in [6, 6.07) is 11.6. The van der Waals surface area contributed by atoms with Crippen molar-refractivity contribution >= 4 is 24.0 Å². The van der Waals surface area contributed by atoms with E-state index in [-0.39, 0.29) is 30.1 Å². The highest BCUT2D eigenvalue weighted by atomic mass is 35.5. The average Bonchev–Trinajstić information content (AvgIpc) is 2.54. The molecule has 0 fully saturated rings. The first-order valence-electron chi connectivity index (χ1n) is 7.77. The van der Waals surface area contributed by atoms with Gasteiger partial charge in [0.2, 0.25) is 0 Å². The maximum Gasteiger partial charge on any atom is 0.387 e. The zero-order valence-corrected chi connectivity index (χ0v) is 14.2. The summed E-state index contributed by atoms with van der Waals surface area (Å²) in [4.78, 5) is 12.4. The Morgan fingerprint density at radius 1 is 1.24 bits per heavy atom. The quantitative estimate of drug-likeness (QED) is 0.798. The van der Waals surface area contributed by atoms with E-state index < -0.39 is 6.61 Å². The van der Waals surface area contributed by atoms with Gasteiger partial charge in [-0.15, -0.1) is 12.4 Å². The van der Waals surface area contributed by atoms with Crippen LogP contribution in [0.2, 0.25) is 0 Å². The van der Waals surface area contributed by atoms with Crippen LogP contribution in [0.4, 0.5) is 14.5 Å². The van der Waals surface area contributed by atoms with Crippen molar-refractivity contribution in [2.24, 2.45) is 0 Å². The molecule has 1 amide bonds. The molecular weight excluding hydrogens is 350 g/mol. The number of hydrogen-bond donors (Lipinski definition) is 2. The summed E-state index contributed by atoms with van der Waals surface area (Å²) in [6.07, 6.45) is 2.43. The molecular formula is C18H19ClF2N2O2. The van der Waals surface area contributed by atoms with E-state index in [0.717, 1.165) is 30.4 Å². The summed E-state index contributed by atoms with van der Waals surface area (Å²) in [5.41, 5.74) is 8.55. The maximum absolute atomic E-state index is 12.4. The van der Waals surface area contributed by atoms with Gasteiger partial charge in [0.05, 0.1) is 11.6 Å². The number of carbonyl (C=O) groups is 1. The molecule has 0 heterocycles. The fourth-order valence-corrected chi connectivity index (χ4v) is 3.06. The first-order chi connectivity index (χ1) is 11.5. The summed E-state index contributed by atoms with van der Waals surface area (Å²) >= 11 is 0. The van der Waals surface area contributed by atoms with Gasteiger partial charge >= 0.3 is 6.61 Å². The van der Waals surface area contributed by atoms with Crippen molar-refractivity contribution in [1.29, 1.82) is 0 Å². The predicted molar refractivity (Wildman–Crippen MR) is 94.3 cm³/mol. The number of nitrogens with two attached hydrogens (primary N) is 1. The van der Waals surface area contributed by atoms with Gasteiger partial charge in [-0.2, -0.15) is 8.78 Å². The second-order valence-corrected chi connectivity index (χ2v) is 5.74. The molecule has 4 nitrogen and oxygen atoms in total. The molecule has 134 valence electrons. The van der Waals surface area contributed by atoms with E-state index in [1.165, 1.54) is 6.07 Å². The number of anilines is 1. The molecule has 1 aliphatic carbocycles. The van der Waals surface area contributed by atoms with Gasteiger partial charge in [-0.1, -0.05) is 18.2 Å². The number of ether oxygens (including phenoxy) is 1. The molecule has 2 aromatic rings. The Labute approximate surface area is 150 Å². The van der Waals surface area contributed by atoms with Gasteiger partial charge in [0.15, 0.2) is 0 Å². The van der Waals surface area contributed by atoms with Crippen LogP contribution in [0.3, 0.4) is 0 Å². The number of hydrogen-bond acceptors (Lipinski definition) is 3. The number of rotatable bonds is 4. The van der Waals surface area contributed by atoms with E-state index in [1.807, 2.05) is 0 Å². The lowest BCUT2D eigenvalue weighted by Crippen LogP contribution is -2.31. The van der Waals surface area contributed by atoms with Crippen LogP contribution in [0, 0.1) is 0 Å². The van der Waals surface area contributed by atoms with Gasteiger partial charge < -0.3 is 15.8 Å². The van der Waals surface area contributed by atoms with Gasteiger partial charge in [-0.25, -0.2) is 0 Å². The molecule has 1 aliphatic rings.